The van der Waals surface area contributed by atoms with Crippen molar-refractivity contribution in [2.24, 2.45) is 11.8 Å². The van der Waals surface area contributed by atoms with E-state index >= 15 is 0 Å². The molecule has 6 nitrogen and oxygen atoms in total. The fourth-order valence-corrected chi connectivity index (χ4v) is 6.04. The highest BCUT2D eigenvalue weighted by Gasteiger charge is 2.34. The summed E-state index contributed by atoms with van der Waals surface area (Å²) in [6.07, 6.45) is 8.96. The predicted octanol–water partition coefficient (Wildman–Crippen LogP) is 4.16. The summed E-state index contributed by atoms with van der Waals surface area (Å²) >= 11 is 3.63. The maximum Gasteiger partial charge on any atom is 0.270 e. The molecule has 0 spiro atoms. The van der Waals surface area contributed by atoms with E-state index in [4.69, 9.17) is 0 Å². The lowest BCUT2D eigenvalue weighted by molar-refractivity contribution is -0.385. The standard InChI is InChI=1S/C18H21BrN2O4S/c1-13-6-7-15(21(22)23)12-18(13)26(24,25)20-10-8-14(9-11-20)16-4-2-3-5-17(16)19/h2,4-7,12,14,16H,3,8-11H2,1H3. The molecule has 0 aromatic heterocycles. The molecule has 1 aromatic rings. The Morgan fingerprint density at radius 3 is 2.58 bits per heavy atom. The number of halogens is 1. The number of non-ortho nitro benzene ring substituents is 1. The monoisotopic (exact) mass is 440 g/mol. The van der Waals surface area contributed by atoms with Crippen LogP contribution in [0.3, 0.4) is 0 Å². The van der Waals surface area contributed by atoms with Gasteiger partial charge in [0.2, 0.25) is 10.0 Å². The fourth-order valence-electron chi connectivity index (χ4n) is 3.61. The molecule has 26 heavy (non-hydrogen) atoms. The Balaban J connectivity index is 1.77. The highest BCUT2D eigenvalue weighted by Crippen LogP contribution is 2.37. The van der Waals surface area contributed by atoms with Crippen LogP contribution in [0.4, 0.5) is 5.69 Å². The van der Waals surface area contributed by atoms with Crippen molar-refractivity contribution >= 4 is 31.6 Å². The third-order valence-corrected chi connectivity index (χ3v) is 8.01. The number of nitro benzene ring substituents is 1. The summed E-state index contributed by atoms with van der Waals surface area (Å²) < 4.78 is 28.6. The lowest BCUT2D eigenvalue weighted by Gasteiger charge is -2.35. The molecule has 1 aliphatic carbocycles. The molecule has 0 amide bonds. The number of hydrogen-bond acceptors (Lipinski definition) is 4. The van der Waals surface area contributed by atoms with Crippen molar-refractivity contribution in [2.75, 3.05) is 13.1 Å². The van der Waals surface area contributed by atoms with Gasteiger partial charge in [0.25, 0.3) is 5.69 Å². The smallest absolute Gasteiger partial charge is 0.258 e. The number of rotatable bonds is 4. The largest absolute Gasteiger partial charge is 0.270 e. The van der Waals surface area contributed by atoms with E-state index in [1.165, 1.54) is 27.0 Å². The first-order valence-electron chi connectivity index (χ1n) is 8.58. The van der Waals surface area contributed by atoms with Crippen molar-refractivity contribution in [1.82, 2.24) is 4.31 Å². The van der Waals surface area contributed by atoms with E-state index in [0.717, 1.165) is 19.3 Å². The fraction of sp³-hybridized carbons (Fsp3) is 0.444. The van der Waals surface area contributed by atoms with Crippen LogP contribution in [0.25, 0.3) is 0 Å². The molecule has 2 aliphatic rings. The van der Waals surface area contributed by atoms with Gasteiger partial charge >= 0.3 is 0 Å². The number of nitro groups is 1. The van der Waals surface area contributed by atoms with Crippen molar-refractivity contribution < 1.29 is 13.3 Å². The van der Waals surface area contributed by atoms with Crippen molar-refractivity contribution in [1.29, 1.82) is 0 Å². The van der Waals surface area contributed by atoms with Gasteiger partial charge in [-0.1, -0.05) is 40.2 Å². The summed E-state index contributed by atoms with van der Waals surface area (Å²) in [5.41, 5.74) is 0.323. The number of aryl methyl sites for hydroxylation is 1. The Labute approximate surface area is 161 Å². The van der Waals surface area contributed by atoms with Crippen LogP contribution in [-0.4, -0.2) is 30.7 Å². The highest BCUT2D eigenvalue weighted by atomic mass is 79.9. The third-order valence-electron chi connectivity index (χ3n) is 5.12. The Kier molecular flexibility index (Phi) is 5.64. The quantitative estimate of drug-likeness (QED) is 0.399. The van der Waals surface area contributed by atoms with E-state index < -0.39 is 14.9 Å². The first-order chi connectivity index (χ1) is 12.3. The Morgan fingerprint density at radius 2 is 1.96 bits per heavy atom. The SMILES string of the molecule is Cc1ccc([N+](=O)[O-])cc1S(=O)(=O)N1CCC(C2C=CCC=C2Br)CC1. The van der Waals surface area contributed by atoms with Crippen LogP contribution in [0, 0.1) is 28.9 Å². The molecular formula is C18H21BrN2O4S. The van der Waals surface area contributed by atoms with E-state index in [1.807, 2.05) is 0 Å². The van der Waals surface area contributed by atoms with Gasteiger partial charge in [0.15, 0.2) is 0 Å². The molecule has 1 unspecified atom stereocenters. The molecule has 1 aliphatic heterocycles. The van der Waals surface area contributed by atoms with E-state index in [0.29, 0.717) is 30.5 Å². The van der Waals surface area contributed by atoms with Crippen molar-refractivity contribution in [3.63, 3.8) is 0 Å². The van der Waals surface area contributed by atoms with Crippen LogP contribution >= 0.6 is 15.9 Å². The average Bonchev–Trinajstić information content (AvgIpc) is 2.62. The topological polar surface area (TPSA) is 80.5 Å². The average molecular weight is 441 g/mol. The maximum atomic E-state index is 13.0. The number of allylic oxidation sites excluding steroid dienone is 4. The molecule has 0 N–H and O–H groups in total. The summed E-state index contributed by atoms with van der Waals surface area (Å²) in [5.74, 6) is 0.711. The molecular weight excluding hydrogens is 420 g/mol. The van der Waals surface area contributed by atoms with Gasteiger partial charge in [-0.25, -0.2) is 8.42 Å². The molecule has 1 saturated heterocycles. The first-order valence-corrected chi connectivity index (χ1v) is 10.8. The van der Waals surface area contributed by atoms with Crippen LogP contribution in [0.2, 0.25) is 0 Å². The lowest BCUT2D eigenvalue weighted by atomic mass is 9.83. The zero-order chi connectivity index (χ0) is 18.9. The number of hydrogen-bond donors (Lipinski definition) is 0. The molecule has 1 heterocycles. The summed E-state index contributed by atoms with van der Waals surface area (Å²) in [6.45, 7) is 2.53. The van der Waals surface area contributed by atoms with Gasteiger partial charge in [-0.05, 0) is 42.1 Å². The summed E-state index contributed by atoms with van der Waals surface area (Å²) in [7, 11) is -3.73. The number of sulfonamides is 1. The Hall–Kier alpha value is -1.51. The van der Waals surface area contributed by atoms with Gasteiger partial charge in [-0.2, -0.15) is 4.31 Å². The van der Waals surface area contributed by atoms with E-state index in [-0.39, 0.29) is 10.6 Å². The second kappa shape index (κ2) is 7.62. The minimum Gasteiger partial charge on any atom is -0.258 e. The number of nitrogens with zero attached hydrogens (tertiary/aromatic N) is 2. The molecule has 3 rings (SSSR count). The second-order valence-electron chi connectivity index (χ2n) is 6.73. The summed E-state index contributed by atoms with van der Waals surface area (Å²) in [5, 5.41) is 11.0. The third kappa shape index (κ3) is 3.77. The van der Waals surface area contributed by atoms with Crippen LogP contribution in [0.1, 0.15) is 24.8 Å². The van der Waals surface area contributed by atoms with Gasteiger partial charge in [0.05, 0.1) is 9.82 Å². The van der Waals surface area contributed by atoms with E-state index in [1.54, 1.807) is 6.92 Å². The van der Waals surface area contributed by atoms with Gasteiger partial charge in [0.1, 0.15) is 0 Å². The van der Waals surface area contributed by atoms with Gasteiger partial charge in [-0.15, -0.1) is 0 Å². The van der Waals surface area contributed by atoms with Crippen molar-refractivity contribution in [3.05, 3.63) is 56.6 Å². The van der Waals surface area contributed by atoms with Gasteiger partial charge in [0, 0.05) is 31.1 Å². The molecule has 0 bridgehead atoms. The summed E-state index contributed by atoms with van der Waals surface area (Å²) in [4.78, 5) is 10.5. The minimum atomic E-state index is -3.73. The second-order valence-corrected chi connectivity index (χ2v) is 9.55. The lowest BCUT2D eigenvalue weighted by Crippen LogP contribution is -2.40. The number of benzene rings is 1. The van der Waals surface area contributed by atoms with Crippen molar-refractivity contribution in [3.8, 4) is 0 Å². The van der Waals surface area contributed by atoms with Gasteiger partial charge in [-0.3, -0.25) is 10.1 Å². The Bertz CT molecular complexity index is 871. The Morgan fingerprint density at radius 1 is 1.27 bits per heavy atom. The van der Waals surface area contributed by atoms with E-state index in [2.05, 4.69) is 34.2 Å². The highest BCUT2D eigenvalue weighted by molar-refractivity contribution is 9.11. The summed E-state index contributed by atoms with van der Waals surface area (Å²) in [6, 6.07) is 3.99. The molecule has 140 valence electrons. The zero-order valence-corrected chi connectivity index (χ0v) is 16.9. The molecule has 0 saturated carbocycles. The number of piperidine rings is 1. The normalized spacial score (nSPS) is 22.2. The molecule has 8 heteroatoms. The molecule has 1 aromatic carbocycles. The van der Waals surface area contributed by atoms with E-state index in [9.17, 15) is 18.5 Å². The first kappa shape index (κ1) is 19.3. The zero-order valence-electron chi connectivity index (χ0n) is 14.5. The van der Waals surface area contributed by atoms with Crippen LogP contribution in [0.15, 0.2) is 45.8 Å². The van der Waals surface area contributed by atoms with Crippen LogP contribution < -0.4 is 0 Å². The van der Waals surface area contributed by atoms with Crippen LogP contribution in [-0.2, 0) is 10.0 Å². The maximum absolute atomic E-state index is 13.0. The minimum absolute atomic E-state index is 0.0313. The van der Waals surface area contributed by atoms with Crippen molar-refractivity contribution in [2.45, 2.75) is 31.1 Å². The van der Waals surface area contributed by atoms with Gasteiger partial charge < -0.3 is 0 Å². The molecule has 1 atom stereocenters. The molecule has 1 fully saturated rings. The molecule has 0 radical (unpaired) electrons. The van der Waals surface area contributed by atoms with Crippen LogP contribution in [0.5, 0.6) is 0 Å². The predicted molar refractivity (Wildman–Crippen MR) is 104 cm³/mol.